The molecule has 2 aromatic carbocycles. The first-order chi connectivity index (χ1) is 14.3. The Hall–Kier alpha value is -4.41. The number of rotatable bonds is 5. The molecule has 11 nitrogen and oxygen atoms in total. The molecule has 2 aliphatic rings. The van der Waals surface area contributed by atoms with E-state index in [4.69, 9.17) is 0 Å². The fourth-order valence-electron chi connectivity index (χ4n) is 3.28. The lowest BCUT2D eigenvalue weighted by Crippen LogP contribution is -2.32. The molecule has 4 rings (SSSR count). The zero-order valence-electron chi connectivity index (χ0n) is 15.1. The molecule has 2 N–H and O–H groups in total. The van der Waals surface area contributed by atoms with Gasteiger partial charge in [0.25, 0.3) is 29.3 Å². The number of benzene rings is 2. The lowest BCUT2D eigenvalue weighted by molar-refractivity contribution is -0.384. The van der Waals surface area contributed by atoms with Crippen molar-refractivity contribution in [3.05, 3.63) is 68.8 Å². The van der Waals surface area contributed by atoms with E-state index < -0.39 is 34.5 Å². The molecular weight excluding hydrogens is 396 g/mol. The molecule has 2 aliphatic heterocycles. The SMILES string of the molecule is O=C(CCN1C(=O)c2ccc([N+](=O)[O-])cc2C1=O)Nc1ccc2c(c1)C(=O)NC2=O. The Kier molecular flexibility index (Phi) is 4.34. The minimum Gasteiger partial charge on any atom is -0.326 e. The van der Waals surface area contributed by atoms with Gasteiger partial charge in [-0.05, 0) is 24.3 Å². The summed E-state index contributed by atoms with van der Waals surface area (Å²) in [5.74, 6) is -2.95. The Labute approximate surface area is 167 Å². The second kappa shape index (κ2) is 6.88. The van der Waals surface area contributed by atoms with Gasteiger partial charge < -0.3 is 5.32 Å². The summed E-state index contributed by atoms with van der Waals surface area (Å²) in [5, 5.41) is 15.5. The Morgan fingerprint density at radius 3 is 2.33 bits per heavy atom. The number of hydrogen-bond acceptors (Lipinski definition) is 7. The van der Waals surface area contributed by atoms with Gasteiger partial charge in [-0.25, -0.2) is 0 Å². The average molecular weight is 408 g/mol. The maximum absolute atomic E-state index is 12.4. The Bertz CT molecular complexity index is 1190. The fraction of sp³-hybridized carbons (Fsp3) is 0.105. The fourth-order valence-corrected chi connectivity index (χ4v) is 3.28. The molecule has 0 radical (unpaired) electrons. The number of nitro groups is 1. The van der Waals surface area contributed by atoms with Gasteiger partial charge in [-0.1, -0.05) is 0 Å². The van der Waals surface area contributed by atoms with Gasteiger partial charge >= 0.3 is 0 Å². The van der Waals surface area contributed by atoms with E-state index in [1.807, 2.05) is 0 Å². The summed E-state index contributed by atoms with van der Waals surface area (Å²) < 4.78 is 0. The highest BCUT2D eigenvalue weighted by molar-refractivity contribution is 6.22. The van der Waals surface area contributed by atoms with Crippen LogP contribution >= 0.6 is 0 Å². The molecule has 30 heavy (non-hydrogen) atoms. The molecule has 11 heteroatoms. The topological polar surface area (TPSA) is 156 Å². The number of nitrogens with zero attached hydrogens (tertiary/aromatic N) is 2. The molecule has 0 unspecified atom stereocenters. The van der Waals surface area contributed by atoms with E-state index in [9.17, 15) is 34.1 Å². The van der Waals surface area contributed by atoms with E-state index in [0.717, 1.165) is 17.0 Å². The molecule has 0 aliphatic carbocycles. The number of nitrogens with one attached hydrogen (secondary N) is 2. The summed E-state index contributed by atoms with van der Waals surface area (Å²) in [7, 11) is 0. The maximum atomic E-state index is 12.4. The van der Waals surface area contributed by atoms with E-state index >= 15 is 0 Å². The average Bonchev–Trinajstić information content (AvgIpc) is 3.13. The largest absolute Gasteiger partial charge is 0.326 e. The molecule has 0 fully saturated rings. The van der Waals surface area contributed by atoms with Crippen LogP contribution in [-0.2, 0) is 4.79 Å². The van der Waals surface area contributed by atoms with Crippen molar-refractivity contribution in [1.29, 1.82) is 0 Å². The summed E-state index contributed by atoms with van der Waals surface area (Å²) in [6.07, 6.45) is -0.226. The molecule has 5 amide bonds. The monoisotopic (exact) mass is 408 g/mol. The minimum absolute atomic E-state index is 0.0420. The zero-order valence-corrected chi connectivity index (χ0v) is 15.1. The summed E-state index contributed by atoms with van der Waals surface area (Å²) in [6.45, 7) is -0.226. The zero-order chi connectivity index (χ0) is 21.6. The van der Waals surface area contributed by atoms with Crippen molar-refractivity contribution < 1.29 is 28.9 Å². The maximum Gasteiger partial charge on any atom is 0.270 e. The van der Waals surface area contributed by atoms with Crippen LogP contribution < -0.4 is 10.6 Å². The van der Waals surface area contributed by atoms with E-state index in [2.05, 4.69) is 10.6 Å². The van der Waals surface area contributed by atoms with Gasteiger partial charge in [0.2, 0.25) is 5.91 Å². The van der Waals surface area contributed by atoms with Crippen LogP contribution in [0.4, 0.5) is 11.4 Å². The molecule has 2 heterocycles. The van der Waals surface area contributed by atoms with Crippen molar-refractivity contribution in [2.45, 2.75) is 6.42 Å². The van der Waals surface area contributed by atoms with Crippen molar-refractivity contribution in [3.8, 4) is 0 Å². The Balaban J connectivity index is 1.42. The third-order valence-corrected chi connectivity index (χ3v) is 4.75. The number of nitro benzene ring substituents is 1. The predicted molar refractivity (Wildman–Crippen MR) is 99.9 cm³/mol. The van der Waals surface area contributed by atoms with Crippen LogP contribution in [-0.4, -0.2) is 45.9 Å². The van der Waals surface area contributed by atoms with Gasteiger partial charge in [-0.3, -0.25) is 44.3 Å². The van der Waals surface area contributed by atoms with E-state index in [1.165, 1.54) is 24.3 Å². The summed E-state index contributed by atoms with van der Waals surface area (Å²) in [6, 6.07) is 7.60. The first kappa shape index (κ1) is 18.9. The first-order valence-corrected chi connectivity index (χ1v) is 8.70. The van der Waals surface area contributed by atoms with Gasteiger partial charge in [0, 0.05) is 30.8 Å². The van der Waals surface area contributed by atoms with Crippen molar-refractivity contribution in [2.75, 3.05) is 11.9 Å². The molecule has 0 bridgehead atoms. The van der Waals surface area contributed by atoms with Crippen LogP contribution in [0.5, 0.6) is 0 Å². The van der Waals surface area contributed by atoms with Crippen LogP contribution in [0.3, 0.4) is 0 Å². The number of fused-ring (bicyclic) bond motifs is 2. The van der Waals surface area contributed by atoms with Gasteiger partial charge in [0.1, 0.15) is 0 Å². The molecule has 0 aromatic heterocycles. The number of imide groups is 2. The number of non-ortho nitro benzene ring substituents is 1. The van der Waals surface area contributed by atoms with E-state index in [-0.39, 0.29) is 46.6 Å². The highest BCUT2D eigenvalue weighted by Gasteiger charge is 2.36. The highest BCUT2D eigenvalue weighted by Crippen LogP contribution is 2.27. The quantitative estimate of drug-likeness (QED) is 0.426. The van der Waals surface area contributed by atoms with Gasteiger partial charge in [0.15, 0.2) is 0 Å². The van der Waals surface area contributed by atoms with Crippen LogP contribution in [0, 0.1) is 10.1 Å². The van der Waals surface area contributed by atoms with Gasteiger partial charge in [-0.2, -0.15) is 0 Å². The van der Waals surface area contributed by atoms with Crippen molar-refractivity contribution in [3.63, 3.8) is 0 Å². The smallest absolute Gasteiger partial charge is 0.270 e. The van der Waals surface area contributed by atoms with E-state index in [1.54, 1.807) is 0 Å². The Morgan fingerprint density at radius 2 is 1.60 bits per heavy atom. The molecule has 0 saturated heterocycles. The number of carbonyl (C=O) groups is 5. The minimum atomic E-state index is -0.709. The summed E-state index contributed by atoms with van der Waals surface area (Å²) in [5.41, 5.74) is 0.275. The van der Waals surface area contributed by atoms with Crippen molar-refractivity contribution >= 4 is 40.9 Å². The van der Waals surface area contributed by atoms with Crippen molar-refractivity contribution in [2.24, 2.45) is 0 Å². The second-order valence-electron chi connectivity index (χ2n) is 6.59. The number of hydrogen-bond donors (Lipinski definition) is 2. The molecule has 2 aromatic rings. The van der Waals surface area contributed by atoms with Crippen LogP contribution in [0.25, 0.3) is 0 Å². The first-order valence-electron chi connectivity index (χ1n) is 8.70. The standard InChI is InChI=1S/C19H12N4O7/c24-15(20-9-1-3-11-13(7-9)17(26)21-16(11)25)5-6-22-18(27)12-4-2-10(23(29)30)8-14(12)19(22)28/h1-4,7-8H,5-6H2,(H,20,24)(H,21,25,26). The van der Waals surface area contributed by atoms with Gasteiger partial charge in [0.05, 0.1) is 27.2 Å². The van der Waals surface area contributed by atoms with Gasteiger partial charge in [-0.15, -0.1) is 0 Å². The molecule has 0 spiro atoms. The summed E-state index contributed by atoms with van der Waals surface area (Å²) in [4.78, 5) is 71.3. The number of carbonyl (C=O) groups excluding carboxylic acids is 5. The normalized spacial score (nSPS) is 14.5. The lowest BCUT2D eigenvalue weighted by atomic mass is 10.1. The molecule has 0 saturated carbocycles. The lowest BCUT2D eigenvalue weighted by Gasteiger charge is -2.13. The summed E-state index contributed by atoms with van der Waals surface area (Å²) >= 11 is 0. The predicted octanol–water partition coefficient (Wildman–Crippen LogP) is 1.10. The third-order valence-electron chi connectivity index (χ3n) is 4.75. The Morgan fingerprint density at radius 1 is 0.933 bits per heavy atom. The molecule has 0 atom stereocenters. The van der Waals surface area contributed by atoms with Crippen LogP contribution in [0.2, 0.25) is 0 Å². The molecular formula is C19H12N4O7. The van der Waals surface area contributed by atoms with Crippen molar-refractivity contribution in [1.82, 2.24) is 10.2 Å². The second-order valence-corrected chi connectivity index (χ2v) is 6.59. The number of amides is 5. The highest BCUT2D eigenvalue weighted by atomic mass is 16.6. The molecule has 150 valence electrons. The van der Waals surface area contributed by atoms with Crippen LogP contribution in [0.15, 0.2) is 36.4 Å². The van der Waals surface area contributed by atoms with Crippen LogP contribution in [0.1, 0.15) is 47.9 Å². The number of anilines is 1. The van der Waals surface area contributed by atoms with E-state index in [0.29, 0.717) is 0 Å². The third kappa shape index (κ3) is 3.07.